The minimum Gasteiger partial charge on any atom is -0.497 e. The number of nitrogens with zero attached hydrogens (tertiary/aromatic N) is 2. The predicted octanol–water partition coefficient (Wildman–Crippen LogP) is 2.50. The summed E-state index contributed by atoms with van der Waals surface area (Å²) in [6, 6.07) is 8.03. The second kappa shape index (κ2) is 7.68. The fourth-order valence-electron chi connectivity index (χ4n) is 3.95. The number of carbonyl (C=O) groups is 2. The van der Waals surface area contributed by atoms with Gasteiger partial charge in [-0.05, 0) is 42.9 Å². The van der Waals surface area contributed by atoms with Gasteiger partial charge in [0, 0.05) is 38.0 Å². The van der Waals surface area contributed by atoms with E-state index in [1.165, 1.54) is 11.8 Å². The Morgan fingerprint density at radius 1 is 1.36 bits per heavy atom. The average Bonchev–Trinajstić information content (AvgIpc) is 3.02. The van der Waals surface area contributed by atoms with Crippen molar-refractivity contribution in [1.82, 2.24) is 9.80 Å². The van der Waals surface area contributed by atoms with E-state index in [-0.39, 0.29) is 17.9 Å². The van der Waals surface area contributed by atoms with E-state index in [1.807, 2.05) is 48.2 Å². The van der Waals surface area contributed by atoms with Crippen molar-refractivity contribution in [3.05, 3.63) is 24.3 Å². The highest BCUT2D eigenvalue weighted by atomic mass is 32.2. The summed E-state index contributed by atoms with van der Waals surface area (Å²) in [5, 5.41) is 0. The maximum atomic E-state index is 12.6. The van der Waals surface area contributed by atoms with Crippen LogP contribution in [0.25, 0.3) is 0 Å². The largest absolute Gasteiger partial charge is 0.497 e. The zero-order valence-corrected chi connectivity index (χ0v) is 15.9. The van der Waals surface area contributed by atoms with Gasteiger partial charge >= 0.3 is 0 Å². The maximum absolute atomic E-state index is 12.6. The molecule has 2 amide bonds. The molecular weight excluding hydrogens is 336 g/mol. The molecule has 1 aromatic carbocycles. The van der Waals surface area contributed by atoms with Crippen LogP contribution in [0.1, 0.15) is 19.3 Å². The van der Waals surface area contributed by atoms with E-state index >= 15 is 0 Å². The van der Waals surface area contributed by atoms with Crippen molar-refractivity contribution in [3.8, 4) is 5.75 Å². The first-order valence-electron chi connectivity index (χ1n) is 8.74. The lowest BCUT2D eigenvalue weighted by Crippen LogP contribution is -2.40. The Morgan fingerprint density at radius 3 is 2.88 bits per heavy atom. The van der Waals surface area contributed by atoms with Crippen LogP contribution in [-0.2, 0) is 9.59 Å². The van der Waals surface area contributed by atoms with Crippen LogP contribution in [0.4, 0.5) is 0 Å². The molecule has 1 aromatic rings. The highest BCUT2D eigenvalue weighted by Crippen LogP contribution is 2.40. The van der Waals surface area contributed by atoms with Gasteiger partial charge in [0.05, 0.1) is 12.9 Å². The molecular formula is C19H26N2O3S. The molecule has 0 bridgehead atoms. The van der Waals surface area contributed by atoms with Crippen LogP contribution >= 0.6 is 11.8 Å². The second-order valence-electron chi connectivity index (χ2n) is 7.10. The Kier molecular flexibility index (Phi) is 5.57. The molecule has 3 rings (SSSR count). The van der Waals surface area contributed by atoms with E-state index in [2.05, 4.69) is 0 Å². The van der Waals surface area contributed by atoms with E-state index in [0.29, 0.717) is 24.0 Å². The number of hydrogen-bond acceptors (Lipinski definition) is 4. The van der Waals surface area contributed by atoms with E-state index in [4.69, 9.17) is 4.74 Å². The zero-order chi connectivity index (χ0) is 18.0. The number of carbonyl (C=O) groups excluding carboxylic acids is 2. The molecule has 3 atom stereocenters. The first kappa shape index (κ1) is 18.1. The van der Waals surface area contributed by atoms with Gasteiger partial charge in [-0.15, -0.1) is 11.8 Å². The summed E-state index contributed by atoms with van der Waals surface area (Å²) in [6.45, 7) is 0.834. The quantitative estimate of drug-likeness (QED) is 0.755. The molecule has 136 valence electrons. The van der Waals surface area contributed by atoms with Crippen molar-refractivity contribution in [1.29, 1.82) is 0 Å². The van der Waals surface area contributed by atoms with Gasteiger partial charge in [-0.2, -0.15) is 0 Å². The first-order chi connectivity index (χ1) is 12.0. The minimum absolute atomic E-state index is 0.149. The number of benzene rings is 1. The molecule has 0 unspecified atom stereocenters. The molecule has 0 aromatic heterocycles. The number of hydrogen-bond donors (Lipinski definition) is 0. The molecule has 2 fully saturated rings. The normalized spacial score (nSPS) is 25.6. The number of methoxy groups -OCH3 is 1. The number of piperidine rings is 1. The lowest BCUT2D eigenvalue weighted by Gasteiger charge is -2.31. The molecule has 1 saturated carbocycles. The van der Waals surface area contributed by atoms with E-state index in [1.54, 1.807) is 7.11 Å². The maximum Gasteiger partial charge on any atom is 0.232 e. The summed E-state index contributed by atoms with van der Waals surface area (Å²) in [7, 11) is 5.43. The van der Waals surface area contributed by atoms with Crippen LogP contribution in [0.3, 0.4) is 0 Å². The summed E-state index contributed by atoms with van der Waals surface area (Å²) in [6.07, 6.45) is 2.60. The van der Waals surface area contributed by atoms with E-state index in [0.717, 1.165) is 30.0 Å². The van der Waals surface area contributed by atoms with Gasteiger partial charge in [0.2, 0.25) is 11.8 Å². The zero-order valence-electron chi connectivity index (χ0n) is 15.1. The number of likely N-dealkylation sites (tertiary alicyclic amines) is 1. The van der Waals surface area contributed by atoms with E-state index in [9.17, 15) is 9.59 Å². The van der Waals surface area contributed by atoms with Crippen LogP contribution < -0.4 is 4.74 Å². The molecule has 0 N–H and O–H groups in total. The van der Waals surface area contributed by atoms with Gasteiger partial charge in [0.15, 0.2) is 0 Å². The van der Waals surface area contributed by atoms with Crippen LogP contribution in [0.15, 0.2) is 29.2 Å². The van der Waals surface area contributed by atoms with Gasteiger partial charge in [-0.1, -0.05) is 6.07 Å². The highest BCUT2D eigenvalue weighted by molar-refractivity contribution is 8.00. The first-order valence-corrected chi connectivity index (χ1v) is 9.73. The van der Waals surface area contributed by atoms with Crippen LogP contribution in [0, 0.1) is 11.8 Å². The molecule has 2 aliphatic rings. The Bertz CT molecular complexity index is 651. The Labute approximate surface area is 153 Å². The highest BCUT2D eigenvalue weighted by Gasteiger charge is 2.42. The van der Waals surface area contributed by atoms with E-state index < -0.39 is 0 Å². The Balaban J connectivity index is 1.53. The summed E-state index contributed by atoms with van der Waals surface area (Å²) < 4.78 is 5.22. The molecule has 5 nitrogen and oxygen atoms in total. The van der Waals surface area contributed by atoms with Gasteiger partial charge in [0.25, 0.3) is 0 Å². The smallest absolute Gasteiger partial charge is 0.232 e. The minimum atomic E-state index is 0.149. The fourth-order valence-corrected chi connectivity index (χ4v) is 4.81. The summed E-state index contributed by atoms with van der Waals surface area (Å²) in [5.41, 5.74) is 0. The molecule has 0 spiro atoms. The summed E-state index contributed by atoms with van der Waals surface area (Å²) in [5.74, 6) is 2.60. The average molecular weight is 362 g/mol. The van der Waals surface area contributed by atoms with Crippen LogP contribution in [-0.4, -0.2) is 61.2 Å². The molecule has 1 saturated heterocycles. The second-order valence-corrected chi connectivity index (χ2v) is 8.14. The van der Waals surface area contributed by atoms with Crippen molar-refractivity contribution >= 4 is 23.6 Å². The van der Waals surface area contributed by atoms with Crippen LogP contribution in [0.5, 0.6) is 5.75 Å². The third-order valence-electron chi connectivity index (χ3n) is 5.53. The molecule has 0 radical (unpaired) electrons. The predicted molar refractivity (Wildman–Crippen MR) is 98.7 cm³/mol. The molecule has 1 heterocycles. The lowest BCUT2D eigenvalue weighted by molar-refractivity contribution is -0.135. The van der Waals surface area contributed by atoms with Crippen molar-refractivity contribution in [2.75, 3.05) is 33.5 Å². The third kappa shape index (κ3) is 4.11. The molecule has 1 aliphatic carbocycles. The van der Waals surface area contributed by atoms with Gasteiger partial charge in [-0.3, -0.25) is 9.59 Å². The summed E-state index contributed by atoms with van der Waals surface area (Å²) in [4.78, 5) is 29.3. The fraction of sp³-hybridized carbons (Fsp3) is 0.579. The standard InChI is InChI=1S/C19H26N2O3S/c1-20-11-14-8-15(7-13(14)9-18(20)22)21(2)19(23)12-25-17-6-4-5-16(10-17)24-3/h4-6,10,13-15H,7-9,11-12H2,1-3H3/t13-,14+,15-/m0/s1. The monoisotopic (exact) mass is 362 g/mol. The number of amides is 2. The third-order valence-corrected chi connectivity index (χ3v) is 6.51. The van der Waals surface area contributed by atoms with Gasteiger partial charge in [0.1, 0.15) is 5.75 Å². The van der Waals surface area contributed by atoms with Gasteiger partial charge < -0.3 is 14.5 Å². The van der Waals surface area contributed by atoms with Crippen molar-refractivity contribution in [2.45, 2.75) is 30.2 Å². The number of fused-ring (bicyclic) bond motifs is 1. The number of thioether (sulfide) groups is 1. The van der Waals surface area contributed by atoms with Gasteiger partial charge in [-0.25, -0.2) is 0 Å². The Hall–Kier alpha value is -1.69. The summed E-state index contributed by atoms with van der Waals surface area (Å²) >= 11 is 1.54. The van der Waals surface area contributed by atoms with Crippen molar-refractivity contribution in [2.24, 2.45) is 11.8 Å². The SMILES string of the molecule is COc1cccc(SCC(=O)N(C)[C@H]2C[C@H]3CC(=O)N(C)C[C@H]3C2)c1. The van der Waals surface area contributed by atoms with Crippen molar-refractivity contribution in [3.63, 3.8) is 0 Å². The Morgan fingerprint density at radius 2 is 2.12 bits per heavy atom. The number of rotatable bonds is 5. The molecule has 1 aliphatic heterocycles. The molecule has 6 heteroatoms. The molecule has 25 heavy (non-hydrogen) atoms. The lowest BCUT2D eigenvalue weighted by atomic mass is 9.88. The van der Waals surface area contributed by atoms with Crippen LogP contribution in [0.2, 0.25) is 0 Å². The topological polar surface area (TPSA) is 49.9 Å². The number of ether oxygens (including phenoxy) is 1. The van der Waals surface area contributed by atoms with Crippen molar-refractivity contribution < 1.29 is 14.3 Å².